The van der Waals surface area contributed by atoms with Gasteiger partial charge in [0.25, 0.3) is 0 Å². The summed E-state index contributed by atoms with van der Waals surface area (Å²) >= 11 is 0. The van der Waals surface area contributed by atoms with Crippen molar-refractivity contribution in [2.75, 3.05) is 76.2 Å². The minimum atomic E-state index is -0.898. The standard InChI is InChI=1S/C46H79N7O9/c1-17-31(4)39(52(13)42(56)38(30(2)3)48-44(49(9)10)50(11)26-27-51(12)45(58)62-46(6,7)8)36(59-14)29-37(54)53-25-21-24-35(53)40(60-15)32(5)41(55)47-34(43(57)61-16)28-33-22-19-18-20-23-33/h18-20,22-23,30-32,34-36,38-40H,17,21,24-29H2,1-16H3,(H,47,55)/b48-44-/t31-,32+,34-,35-,36+,38-,39-,40+/m0/s1. The molecule has 2 rings (SSSR count). The number of methoxy groups -OCH3 is 3. The highest BCUT2D eigenvalue weighted by Gasteiger charge is 2.43. The third-order valence-electron chi connectivity index (χ3n) is 11.7. The summed E-state index contributed by atoms with van der Waals surface area (Å²) in [6, 6.07) is 6.86. The van der Waals surface area contributed by atoms with Gasteiger partial charge in [0, 0.05) is 75.5 Å². The van der Waals surface area contributed by atoms with Gasteiger partial charge in [0.05, 0.1) is 43.7 Å². The van der Waals surface area contributed by atoms with E-state index in [0.717, 1.165) is 18.4 Å². The molecule has 0 unspecified atom stereocenters. The van der Waals surface area contributed by atoms with Crippen molar-refractivity contribution in [1.29, 1.82) is 0 Å². The predicted molar refractivity (Wildman–Crippen MR) is 241 cm³/mol. The molecule has 4 amide bonds. The molecule has 1 aromatic rings. The minimum Gasteiger partial charge on any atom is -0.467 e. The van der Waals surface area contributed by atoms with Gasteiger partial charge in [0.2, 0.25) is 17.7 Å². The summed E-state index contributed by atoms with van der Waals surface area (Å²) in [4.78, 5) is 81.9. The van der Waals surface area contributed by atoms with Crippen LogP contribution in [0.3, 0.4) is 0 Å². The molecule has 1 saturated heterocycles. The Morgan fingerprint density at radius 3 is 2.03 bits per heavy atom. The lowest BCUT2D eigenvalue weighted by Crippen LogP contribution is -2.55. The van der Waals surface area contributed by atoms with Gasteiger partial charge in [-0.25, -0.2) is 14.6 Å². The zero-order valence-electron chi connectivity index (χ0n) is 40.6. The van der Waals surface area contributed by atoms with Crippen molar-refractivity contribution in [3.8, 4) is 0 Å². The lowest BCUT2D eigenvalue weighted by molar-refractivity contribution is -0.148. The molecule has 0 bridgehead atoms. The predicted octanol–water partition coefficient (Wildman–Crippen LogP) is 4.55. The van der Waals surface area contributed by atoms with E-state index in [1.807, 2.05) is 103 Å². The summed E-state index contributed by atoms with van der Waals surface area (Å²) in [6.07, 6.45) is 0.622. The number of ether oxygens (including phenoxy) is 4. The van der Waals surface area contributed by atoms with E-state index in [4.69, 9.17) is 23.9 Å². The summed E-state index contributed by atoms with van der Waals surface area (Å²) in [5.41, 5.74) is 0.259. The van der Waals surface area contributed by atoms with Crippen LogP contribution in [-0.2, 0) is 44.5 Å². The minimum absolute atomic E-state index is 0.00456. The van der Waals surface area contributed by atoms with Crippen molar-refractivity contribution in [2.24, 2.45) is 22.7 Å². The van der Waals surface area contributed by atoms with Gasteiger partial charge in [-0.3, -0.25) is 14.4 Å². The van der Waals surface area contributed by atoms with E-state index in [-0.39, 0.29) is 42.4 Å². The van der Waals surface area contributed by atoms with Gasteiger partial charge in [-0.05, 0) is 51.0 Å². The molecule has 0 saturated carbocycles. The van der Waals surface area contributed by atoms with Crippen molar-refractivity contribution in [3.63, 3.8) is 0 Å². The first kappa shape index (κ1) is 53.7. The number of likely N-dealkylation sites (N-methyl/N-ethyl adjacent to an activating group) is 3. The van der Waals surface area contributed by atoms with Crippen LogP contribution >= 0.6 is 0 Å². The number of rotatable bonds is 21. The second-order valence-corrected chi connectivity index (χ2v) is 18.2. The zero-order valence-corrected chi connectivity index (χ0v) is 40.6. The molecule has 1 aliphatic heterocycles. The number of carbonyl (C=O) groups excluding carboxylic acids is 5. The first-order valence-electron chi connectivity index (χ1n) is 22.0. The van der Waals surface area contributed by atoms with E-state index in [9.17, 15) is 24.0 Å². The van der Waals surface area contributed by atoms with Gasteiger partial charge in [0.1, 0.15) is 17.7 Å². The fraction of sp³-hybridized carbons (Fsp3) is 0.739. The number of aliphatic imine (C=N–C) groups is 1. The van der Waals surface area contributed by atoms with Crippen LogP contribution in [0, 0.1) is 17.8 Å². The molecule has 1 aliphatic rings. The number of benzene rings is 1. The van der Waals surface area contributed by atoms with Crippen LogP contribution in [0.2, 0.25) is 0 Å². The summed E-state index contributed by atoms with van der Waals surface area (Å²) < 4.78 is 22.6. The van der Waals surface area contributed by atoms with Crippen molar-refractivity contribution in [3.05, 3.63) is 35.9 Å². The third kappa shape index (κ3) is 15.4. The SMILES string of the molecule is CC[C@H](C)[C@@H]([C@@H](CC(=O)N1CCC[C@H]1[C@H](OC)[C@@H](C)C(=O)N[C@@H](Cc1ccccc1)C(=O)OC)OC)N(C)C(=O)[C@@H](/N=C(/N(C)C)N(C)CCN(C)C(=O)OC(C)(C)C)C(C)C. The van der Waals surface area contributed by atoms with Gasteiger partial charge in [-0.15, -0.1) is 0 Å². The smallest absolute Gasteiger partial charge is 0.410 e. The lowest BCUT2D eigenvalue weighted by atomic mass is 9.89. The fourth-order valence-electron chi connectivity index (χ4n) is 8.00. The Balaban J connectivity index is 2.32. The molecule has 1 aromatic carbocycles. The molecule has 0 radical (unpaired) electrons. The van der Waals surface area contributed by atoms with Crippen LogP contribution < -0.4 is 5.32 Å². The number of esters is 1. The molecular formula is C46H79N7O9. The second kappa shape index (κ2) is 25.0. The van der Waals surface area contributed by atoms with E-state index in [1.165, 1.54) is 19.1 Å². The maximum Gasteiger partial charge on any atom is 0.410 e. The Morgan fingerprint density at radius 1 is 0.903 bits per heavy atom. The van der Waals surface area contributed by atoms with Crippen molar-refractivity contribution >= 4 is 35.7 Å². The number of guanidine groups is 1. The molecule has 1 heterocycles. The van der Waals surface area contributed by atoms with Gasteiger partial charge < -0.3 is 48.8 Å². The molecule has 16 nitrogen and oxygen atoms in total. The van der Waals surface area contributed by atoms with Crippen LogP contribution in [0.4, 0.5) is 4.79 Å². The Bertz CT molecular complexity index is 1620. The molecule has 16 heteroatoms. The number of nitrogens with zero attached hydrogens (tertiary/aromatic N) is 6. The lowest BCUT2D eigenvalue weighted by Gasteiger charge is -2.40. The zero-order chi connectivity index (χ0) is 47.1. The maximum absolute atomic E-state index is 14.6. The van der Waals surface area contributed by atoms with Crippen LogP contribution in [0.15, 0.2) is 35.3 Å². The monoisotopic (exact) mass is 874 g/mol. The summed E-state index contributed by atoms with van der Waals surface area (Å²) in [7, 11) is 13.4. The number of carbonyl (C=O) groups is 5. The van der Waals surface area contributed by atoms with Gasteiger partial charge in [0.15, 0.2) is 5.96 Å². The van der Waals surface area contributed by atoms with Crippen LogP contribution in [-0.4, -0.2) is 178 Å². The molecule has 8 atom stereocenters. The molecule has 1 fully saturated rings. The highest BCUT2D eigenvalue weighted by atomic mass is 16.6. The molecule has 0 aromatic heterocycles. The van der Waals surface area contributed by atoms with Crippen LogP contribution in [0.25, 0.3) is 0 Å². The summed E-state index contributed by atoms with van der Waals surface area (Å²) in [6.45, 7) is 16.5. The Morgan fingerprint density at radius 2 is 1.52 bits per heavy atom. The summed E-state index contributed by atoms with van der Waals surface area (Å²) in [5.74, 6) is -1.64. The first-order valence-corrected chi connectivity index (χ1v) is 22.0. The highest BCUT2D eigenvalue weighted by molar-refractivity contribution is 5.88. The Kier molecular flexibility index (Phi) is 21.7. The topological polar surface area (TPSA) is 163 Å². The Hall–Kier alpha value is -4.44. The average Bonchev–Trinajstić information content (AvgIpc) is 3.71. The van der Waals surface area contributed by atoms with E-state index < -0.39 is 60.0 Å². The van der Waals surface area contributed by atoms with Crippen LogP contribution in [0.1, 0.15) is 86.6 Å². The van der Waals surface area contributed by atoms with E-state index in [2.05, 4.69) is 12.2 Å². The van der Waals surface area contributed by atoms with Crippen LogP contribution in [0.5, 0.6) is 0 Å². The third-order valence-corrected chi connectivity index (χ3v) is 11.7. The number of amides is 4. The fourth-order valence-corrected chi connectivity index (χ4v) is 8.00. The number of nitrogens with one attached hydrogen (secondary N) is 1. The average molecular weight is 874 g/mol. The highest BCUT2D eigenvalue weighted by Crippen LogP contribution is 2.30. The molecule has 0 spiro atoms. The number of likely N-dealkylation sites (tertiary alicyclic amines) is 1. The van der Waals surface area contributed by atoms with Crippen molar-refractivity contribution in [2.45, 2.75) is 129 Å². The Labute approximate surface area is 372 Å². The molecular weight excluding hydrogens is 795 g/mol. The van der Waals surface area contributed by atoms with E-state index >= 15 is 0 Å². The largest absolute Gasteiger partial charge is 0.467 e. The van der Waals surface area contributed by atoms with E-state index in [0.29, 0.717) is 32.0 Å². The maximum atomic E-state index is 14.6. The second-order valence-electron chi connectivity index (χ2n) is 18.2. The summed E-state index contributed by atoms with van der Waals surface area (Å²) in [5, 5.41) is 2.87. The van der Waals surface area contributed by atoms with Gasteiger partial charge >= 0.3 is 12.1 Å². The molecule has 62 heavy (non-hydrogen) atoms. The van der Waals surface area contributed by atoms with Gasteiger partial charge in [-0.2, -0.15) is 0 Å². The normalized spacial score (nSPS) is 17.9. The first-order chi connectivity index (χ1) is 29.0. The van der Waals surface area contributed by atoms with Crippen molar-refractivity contribution in [1.82, 2.24) is 29.8 Å². The molecule has 352 valence electrons. The quantitative estimate of drug-likeness (QED) is 0.105. The van der Waals surface area contributed by atoms with Crippen molar-refractivity contribution < 1.29 is 42.9 Å². The molecule has 1 N–H and O–H groups in total. The van der Waals surface area contributed by atoms with Gasteiger partial charge in [-0.1, -0.05) is 71.4 Å². The van der Waals surface area contributed by atoms with E-state index in [1.54, 1.807) is 37.9 Å². The molecule has 0 aliphatic carbocycles. The number of hydrogen-bond acceptors (Lipinski definition) is 10. The number of hydrogen-bond donors (Lipinski definition) is 1.